The highest BCUT2D eigenvalue weighted by Gasteiger charge is 2.34. The second-order valence-electron chi connectivity index (χ2n) is 7.05. The number of hydrogen-bond donors (Lipinski definition) is 0. The van der Waals surface area contributed by atoms with Crippen LogP contribution in [0.1, 0.15) is 11.1 Å². The van der Waals surface area contributed by atoms with Crippen molar-refractivity contribution in [3.8, 4) is 11.5 Å². The van der Waals surface area contributed by atoms with Gasteiger partial charge in [0.05, 0.1) is 22.7 Å². The smallest absolute Gasteiger partial charge is 0.270 e. The lowest BCUT2D eigenvalue weighted by atomic mass is 10.1. The molecule has 0 saturated carbocycles. The number of rotatable bonds is 6. The van der Waals surface area contributed by atoms with Crippen LogP contribution in [0.25, 0.3) is 6.08 Å². The van der Waals surface area contributed by atoms with Crippen molar-refractivity contribution in [2.45, 2.75) is 6.61 Å². The van der Waals surface area contributed by atoms with Gasteiger partial charge >= 0.3 is 0 Å². The van der Waals surface area contributed by atoms with Crippen molar-refractivity contribution in [1.29, 1.82) is 0 Å². The number of amides is 1. The summed E-state index contributed by atoms with van der Waals surface area (Å²) in [5, 5.41) is 1.89. The Hall–Kier alpha value is -1.93. The van der Waals surface area contributed by atoms with Crippen LogP contribution < -0.4 is 14.4 Å². The molecule has 0 N–H and O–H groups in total. The van der Waals surface area contributed by atoms with Gasteiger partial charge < -0.3 is 9.47 Å². The van der Waals surface area contributed by atoms with E-state index in [1.807, 2.05) is 6.07 Å². The van der Waals surface area contributed by atoms with Crippen molar-refractivity contribution in [3.05, 3.63) is 90.7 Å². The van der Waals surface area contributed by atoms with Crippen LogP contribution in [-0.4, -0.2) is 17.3 Å². The Labute approximate surface area is 226 Å². The van der Waals surface area contributed by atoms with Crippen molar-refractivity contribution < 1.29 is 14.3 Å². The number of ether oxygens (including phenoxy) is 2. The van der Waals surface area contributed by atoms with Crippen molar-refractivity contribution in [3.63, 3.8) is 0 Å². The molecule has 3 aromatic rings. The van der Waals surface area contributed by atoms with Crippen LogP contribution in [0.4, 0.5) is 5.69 Å². The van der Waals surface area contributed by atoms with Gasteiger partial charge in [-0.25, -0.2) is 0 Å². The van der Waals surface area contributed by atoms with Crippen LogP contribution in [0.2, 0.25) is 20.1 Å². The summed E-state index contributed by atoms with van der Waals surface area (Å²) < 4.78 is 11.8. The topological polar surface area (TPSA) is 38.8 Å². The Kier molecular flexibility index (Phi) is 7.97. The molecule has 0 aliphatic carbocycles. The Bertz CT molecular complexity index is 1330. The SMILES string of the molecule is COc1cc(/C=C2\SC(=S)N(c3ccc(Cl)cc3Cl)C2=O)ccc1OCc1ccc(Cl)cc1Cl. The van der Waals surface area contributed by atoms with E-state index in [1.165, 1.54) is 16.7 Å². The molecule has 0 bridgehead atoms. The molecular weight excluding hydrogens is 556 g/mol. The van der Waals surface area contributed by atoms with E-state index in [1.54, 1.807) is 61.7 Å². The van der Waals surface area contributed by atoms with Gasteiger partial charge in [-0.2, -0.15) is 0 Å². The highest BCUT2D eigenvalue weighted by molar-refractivity contribution is 8.27. The number of methoxy groups -OCH3 is 1. The molecule has 34 heavy (non-hydrogen) atoms. The van der Waals surface area contributed by atoms with Gasteiger partial charge in [0, 0.05) is 20.6 Å². The van der Waals surface area contributed by atoms with E-state index >= 15 is 0 Å². The summed E-state index contributed by atoms with van der Waals surface area (Å²) in [6.07, 6.45) is 1.74. The number of anilines is 1. The second kappa shape index (κ2) is 10.8. The maximum atomic E-state index is 13.1. The number of halogens is 4. The Morgan fingerprint density at radius 3 is 2.32 bits per heavy atom. The molecule has 4 rings (SSSR count). The number of nitrogens with zero attached hydrogens (tertiary/aromatic N) is 1. The fraction of sp³-hybridized carbons (Fsp3) is 0.0833. The molecule has 1 aliphatic heterocycles. The van der Waals surface area contributed by atoms with Crippen LogP contribution in [0.3, 0.4) is 0 Å². The number of carbonyl (C=O) groups excluding carboxylic acids is 1. The molecule has 4 nitrogen and oxygen atoms in total. The zero-order chi connectivity index (χ0) is 24.4. The first kappa shape index (κ1) is 25.2. The molecule has 0 radical (unpaired) electrons. The van der Waals surface area contributed by atoms with Crippen LogP contribution in [0, 0.1) is 0 Å². The maximum absolute atomic E-state index is 13.1. The van der Waals surface area contributed by atoms with E-state index in [2.05, 4.69) is 0 Å². The van der Waals surface area contributed by atoms with Gasteiger partial charge in [-0.3, -0.25) is 9.69 Å². The molecule has 0 atom stereocenters. The third-order valence-corrected chi connectivity index (χ3v) is 7.26. The van der Waals surface area contributed by atoms with Crippen molar-refractivity contribution in [1.82, 2.24) is 0 Å². The summed E-state index contributed by atoms with van der Waals surface area (Å²) in [5.41, 5.74) is 2.03. The lowest BCUT2D eigenvalue weighted by Gasteiger charge is -2.16. The fourth-order valence-electron chi connectivity index (χ4n) is 3.18. The van der Waals surface area contributed by atoms with Gasteiger partial charge in [0.2, 0.25) is 0 Å². The van der Waals surface area contributed by atoms with Crippen LogP contribution in [-0.2, 0) is 11.4 Å². The summed E-state index contributed by atoms with van der Waals surface area (Å²) in [5.74, 6) is 0.775. The predicted molar refractivity (Wildman–Crippen MR) is 146 cm³/mol. The predicted octanol–water partition coefficient (Wildman–Crippen LogP) is 8.29. The molecule has 0 spiro atoms. The summed E-state index contributed by atoms with van der Waals surface area (Å²) in [4.78, 5) is 14.9. The van der Waals surface area contributed by atoms with Crippen molar-refractivity contribution >= 4 is 92.4 Å². The maximum Gasteiger partial charge on any atom is 0.270 e. The minimum Gasteiger partial charge on any atom is -0.493 e. The van der Waals surface area contributed by atoms with Crippen LogP contribution >= 0.6 is 70.4 Å². The third-order valence-electron chi connectivity index (χ3n) is 4.83. The van der Waals surface area contributed by atoms with Gasteiger partial charge in [0.1, 0.15) is 6.61 Å². The molecule has 0 unspecified atom stereocenters. The zero-order valence-corrected chi connectivity index (χ0v) is 22.1. The van der Waals surface area contributed by atoms with Crippen LogP contribution in [0.15, 0.2) is 59.5 Å². The summed E-state index contributed by atoms with van der Waals surface area (Å²) in [7, 11) is 1.54. The number of carbonyl (C=O) groups is 1. The summed E-state index contributed by atoms with van der Waals surface area (Å²) in [6.45, 7) is 0.242. The Morgan fingerprint density at radius 1 is 0.941 bits per heavy atom. The largest absolute Gasteiger partial charge is 0.493 e. The number of thioether (sulfide) groups is 1. The normalized spacial score (nSPS) is 14.7. The summed E-state index contributed by atoms with van der Waals surface area (Å²) >= 11 is 31.0. The first-order valence-electron chi connectivity index (χ1n) is 9.74. The average Bonchev–Trinajstić information content (AvgIpc) is 3.06. The first-order chi connectivity index (χ1) is 16.3. The molecule has 3 aromatic carbocycles. The highest BCUT2D eigenvalue weighted by Crippen LogP contribution is 2.40. The second-order valence-corrected chi connectivity index (χ2v) is 10.4. The Morgan fingerprint density at radius 2 is 1.65 bits per heavy atom. The lowest BCUT2D eigenvalue weighted by molar-refractivity contribution is -0.113. The van der Waals surface area contributed by atoms with E-state index in [0.717, 1.165) is 11.1 Å². The molecule has 0 aromatic heterocycles. The molecule has 1 amide bonds. The molecule has 1 saturated heterocycles. The van der Waals surface area contributed by atoms with E-state index in [4.69, 9.17) is 68.1 Å². The molecule has 1 fully saturated rings. The quantitative estimate of drug-likeness (QED) is 0.220. The lowest BCUT2D eigenvalue weighted by Crippen LogP contribution is -2.27. The molecule has 174 valence electrons. The summed E-state index contributed by atoms with van der Waals surface area (Å²) in [6, 6.07) is 15.5. The Balaban J connectivity index is 1.55. The van der Waals surface area contributed by atoms with Gasteiger partial charge in [-0.15, -0.1) is 0 Å². The average molecular weight is 571 g/mol. The van der Waals surface area contributed by atoms with Gasteiger partial charge in [0.25, 0.3) is 5.91 Å². The standard InChI is InChI=1S/C24H15Cl4NO3S2/c1-31-21-8-13(2-7-20(21)32-12-14-3-4-15(25)10-17(14)27)9-22-23(30)29(24(33)34-22)19-6-5-16(26)11-18(19)28/h2-11H,12H2,1H3/b22-9-. The monoisotopic (exact) mass is 569 g/mol. The molecule has 10 heteroatoms. The number of thiocarbonyl (C=S) groups is 1. The molecule has 1 heterocycles. The van der Waals surface area contributed by atoms with E-state index in [0.29, 0.717) is 46.5 Å². The minimum absolute atomic E-state index is 0.242. The minimum atomic E-state index is -0.268. The van der Waals surface area contributed by atoms with Crippen molar-refractivity contribution in [2.24, 2.45) is 0 Å². The van der Waals surface area contributed by atoms with Crippen LogP contribution in [0.5, 0.6) is 11.5 Å². The third kappa shape index (κ3) is 5.48. The number of hydrogen-bond acceptors (Lipinski definition) is 5. The van der Waals surface area contributed by atoms with E-state index in [-0.39, 0.29) is 12.5 Å². The highest BCUT2D eigenvalue weighted by atomic mass is 35.5. The van der Waals surface area contributed by atoms with Gasteiger partial charge in [-0.05, 0) is 54.1 Å². The fourth-order valence-corrected chi connectivity index (χ4v) is 5.42. The first-order valence-corrected chi connectivity index (χ1v) is 12.5. The molecular formula is C24H15Cl4NO3S2. The zero-order valence-electron chi connectivity index (χ0n) is 17.5. The van der Waals surface area contributed by atoms with Gasteiger partial charge in [0.15, 0.2) is 15.8 Å². The van der Waals surface area contributed by atoms with Crippen molar-refractivity contribution in [2.75, 3.05) is 12.0 Å². The van der Waals surface area contributed by atoms with Gasteiger partial charge in [-0.1, -0.05) is 82.5 Å². The number of benzene rings is 3. The van der Waals surface area contributed by atoms with E-state index in [9.17, 15) is 4.79 Å². The molecule has 1 aliphatic rings. The van der Waals surface area contributed by atoms with E-state index < -0.39 is 0 Å².